The van der Waals surface area contributed by atoms with Crippen molar-refractivity contribution in [2.45, 2.75) is 13.5 Å². The van der Waals surface area contributed by atoms with Gasteiger partial charge in [-0.1, -0.05) is 95.0 Å². The fourth-order valence-corrected chi connectivity index (χ4v) is 4.92. The number of hydrogen-bond donors (Lipinski definition) is 1. The SMILES string of the molecule is Cc1ccc(-n2cc(-c3ccc(Cl)cc3)nc2NC(=O)CN(Cc2ccccc2)C(=O)c2ccc(Cl)cc2Cl)cc1. The van der Waals surface area contributed by atoms with Gasteiger partial charge in [0.15, 0.2) is 0 Å². The van der Waals surface area contributed by atoms with Crippen LogP contribution in [0.1, 0.15) is 21.5 Å². The van der Waals surface area contributed by atoms with E-state index in [4.69, 9.17) is 39.8 Å². The van der Waals surface area contributed by atoms with Gasteiger partial charge in [0.25, 0.3) is 5.91 Å². The minimum absolute atomic E-state index is 0.203. The summed E-state index contributed by atoms with van der Waals surface area (Å²) in [6.45, 7) is 1.98. The van der Waals surface area contributed by atoms with Crippen LogP contribution in [0.5, 0.6) is 0 Å². The predicted octanol–water partition coefficient (Wildman–Crippen LogP) is 8.09. The molecule has 0 bridgehead atoms. The Hall–Kier alpha value is -4.10. The van der Waals surface area contributed by atoms with Gasteiger partial charge in [0.05, 0.1) is 16.3 Å². The van der Waals surface area contributed by atoms with Crippen LogP contribution in [0.25, 0.3) is 16.9 Å². The van der Waals surface area contributed by atoms with Crippen molar-refractivity contribution in [3.63, 3.8) is 0 Å². The second kappa shape index (κ2) is 12.6. The van der Waals surface area contributed by atoms with E-state index in [1.54, 1.807) is 28.8 Å². The molecule has 0 atom stereocenters. The number of halogens is 3. The number of carbonyl (C=O) groups excluding carboxylic acids is 2. The molecule has 0 spiro atoms. The van der Waals surface area contributed by atoms with Crippen molar-refractivity contribution in [1.29, 1.82) is 0 Å². The Balaban J connectivity index is 1.45. The molecule has 6 nitrogen and oxygen atoms in total. The van der Waals surface area contributed by atoms with Gasteiger partial charge < -0.3 is 4.90 Å². The maximum Gasteiger partial charge on any atom is 0.256 e. The van der Waals surface area contributed by atoms with Crippen molar-refractivity contribution in [3.8, 4) is 16.9 Å². The monoisotopic (exact) mass is 602 g/mol. The molecular formula is C32H25Cl3N4O2. The van der Waals surface area contributed by atoms with Crippen molar-refractivity contribution in [2.75, 3.05) is 11.9 Å². The summed E-state index contributed by atoms with van der Waals surface area (Å²) in [7, 11) is 0. The third-order valence-corrected chi connectivity index (χ3v) is 7.21. The largest absolute Gasteiger partial charge is 0.325 e. The van der Waals surface area contributed by atoms with Crippen molar-refractivity contribution >= 4 is 52.6 Å². The first-order chi connectivity index (χ1) is 19.8. The molecule has 0 aliphatic heterocycles. The van der Waals surface area contributed by atoms with E-state index in [1.807, 2.05) is 79.9 Å². The lowest BCUT2D eigenvalue weighted by Crippen LogP contribution is -2.38. The Labute approximate surface area is 253 Å². The molecule has 206 valence electrons. The molecule has 0 unspecified atom stereocenters. The van der Waals surface area contributed by atoms with Gasteiger partial charge in [0.2, 0.25) is 11.9 Å². The van der Waals surface area contributed by atoms with Crippen LogP contribution in [-0.4, -0.2) is 32.8 Å². The Morgan fingerprint density at radius 1 is 0.854 bits per heavy atom. The van der Waals surface area contributed by atoms with Crippen molar-refractivity contribution < 1.29 is 9.59 Å². The molecule has 1 N–H and O–H groups in total. The Morgan fingerprint density at radius 3 is 2.22 bits per heavy atom. The standard InChI is InChI=1S/C32H25Cl3N4O2/c1-21-7-14-26(15-8-21)39-19-29(23-9-11-24(33)12-10-23)36-32(39)37-30(40)20-38(18-22-5-3-2-4-6-22)31(41)27-16-13-25(34)17-28(27)35/h2-17,19H,18,20H2,1H3,(H,36,37,40). The molecular weight excluding hydrogens is 579 g/mol. The smallest absolute Gasteiger partial charge is 0.256 e. The number of aryl methyl sites for hydroxylation is 1. The van der Waals surface area contributed by atoms with Crippen LogP contribution in [-0.2, 0) is 11.3 Å². The topological polar surface area (TPSA) is 67.2 Å². The summed E-state index contributed by atoms with van der Waals surface area (Å²) in [5.74, 6) is -0.490. The van der Waals surface area contributed by atoms with Gasteiger partial charge in [-0.05, 0) is 55.0 Å². The third-order valence-electron chi connectivity index (χ3n) is 6.41. The zero-order valence-corrected chi connectivity index (χ0v) is 24.3. The van der Waals surface area contributed by atoms with E-state index in [0.29, 0.717) is 21.7 Å². The van der Waals surface area contributed by atoms with Crippen LogP contribution in [0.4, 0.5) is 5.95 Å². The number of benzene rings is 4. The summed E-state index contributed by atoms with van der Waals surface area (Å²) in [4.78, 5) is 33.2. The summed E-state index contributed by atoms with van der Waals surface area (Å²) in [5, 5.41) is 4.15. The van der Waals surface area contributed by atoms with Crippen LogP contribution < -0.4 is 5.32 Å². The molecule has 0 fully saturated rings. The van der Waals surface area contributed by atoms with Gasteiger partial charge in [-0.25, -0.2) is 4.98 Å². The van der Waals surface area contributed by atoms with Gasteiger partial charge in [-0.3, -0.25) is 19.5 Å². The van der Waals surface area contributed by atoms with E-state index >= 15 is 0 Å². The third kappa shape index (κ3) is 6.98. The van der Waals surface area contributed by atoms with Crippen molar-refractivity contribution in [3.05, 3.63) is 135 Å². The number of nitrogens with zero attached hydrogens (tertiary/aromatic N) is 3. The number of imidazole rings is 1. The fraction of sp³-hybridized carbons (Fsp3) is 0.0938. The van der Waals surface area contributed by atoms with Crippen LogP contribution in [0.2, 0.25) is 15.1 Å². The summed E-state index contributed by atoms with van der Waals surface area (Å²) in [5.41, 5.74) is 4.55. The predicted molar refractivity (Wildman–Crippen MR) is 165 cm³/mol. The zero-order chi connectivity index (χ0) is 28.9. The van der Waals surface area contributed by atoms with Gasteiger partial charge in [-0.2, -0.15) is 0 Å². The first-order valence-electron chi connectivity index (χ1n) is 12.8. The Kier molecular flexibility index (Phi) is 8.74. The maximum atomic E-state index is 13.6. The second-order valence-corrected chi connectivity index (χ2v) is 10.8. The molecule has 1 heterocycles. The van der Waals surface area contributed by atoms with E-state index in [0.717, 1.165) is 22.4 Å². The summed E-state index contributed by atoms with van der Waals surface area (Å²) in [6.07, 6.45) is 1.85. The van der Waals surface area contributed by atoms with Gasteiger partial charge >= 0.3 is 0 Å². The molecule has 9 heteroatoms. The minimum atomic E-state index is -0.416. The molecule has 0 aliphatic rings. The van der Waals surface area contributed by atoms with Gasteiger partial charge in [-0.15, -0.1) is 0 Å². The lowest BCUT2D eigenvalue weighted by Gasteiger charge is -2.23. The highest BCUT2D eigenvalue weighted by molar-refractivity contribution is 6.36. The van der Waals surface area contributed by atoms with Gasteiger partial charge in [0.1, 0.15) is 6.54 Å². The molecule has 0 saturated carbocycles. The zero-order valence-electron chi connectivity index (χ0n) is 22.0. The number of nitrogens with one attached hydrogen (secondary N) is 1. The average Bonchev–Trinajstić information content (AvgIpc) is 3.37. The fourth-order valence-electron chi connectivity index (χ4n) is 4.30. The van der Waals surface area contributed by atoms with E-state index in [1.165, 1.54) is 11.0 Å². The highest BCUT2D eigenvalue weighted by Crippen LogP contribution is 2.27. The highest BCUT2D eigenvalue weighted by Gasteiger charge is 2.23. The number of amides is 2. The van der Waals surface area contributed by atoms with E-state index in [2.05, 4.69) is 5.32 Å². The number of aromatic nitrogens is 2. The quantitative estimate of drug-likeness (QED) is 0.195. The van der Waals surface area contributed by atoms with Crippen LogP contribution >= 0.6 is 34.8 Å². The van der Waals surface area contributed by atoms with Crippen LogP contribution in [0.3, 0.4) is 0 Å². The molecule has 41 heavy (non-hydrogen) atoms. The van der Waals surface area contributed by atoms with E-state index in [9.17, 15) is 9.59 Å². The maximum absolute atomic E-state index is 13.6. The number of anilines is 1. The lowest BCUT2D eigenvalue weighted by atomic mass is 10.1. The van der Waals surface area contributed by atoms with E-state index < -0.39 is 11.8 Å². The average molecular weight is 604 g/mol. The molecule has 5 aromatic rings. The molecule has 0 saturated heterocycles. The molecule has 4 aromatic carbocycles. The number of hydrogen-bond acceptors (Lipinski definition) is 3. The molecule has 2 amide bonds. The summed E-state index contributed by atoms with van der Waals surface area (Å²) >= 11 is 18.5. The van der Waals surface area contributed by atoms with Crippen molar-refractivity contribution in [2.24, 2.45) is 0 Å². The number of rotatable bonds is 8. The molecule has 5 rings (SSSR count). The van der Waals surface area contributed by atoms with Crippen molar-refractivity contribution in [1.82, 2.24) is 14.5 Å². The Morgan fingerprint density at radius 2 is 1.54 bits per heavy atom. The van der Waals surface area contributed by atoms with E-state index in [-0.39, 0.29) is 23.7 Å². The second-order valence-electron chi connectivity index (χ2n) is 9.48. The highest BCUT2D eigenvalue weighted by atomic mass is 35.5. The molecule has 0 radical (unpaired) electrons. The Bertz CT molecular complexity index is 1690. The summed E-state index contributed by atoms with van der Waals surface area (Å²) < 4.78 is 1.81. The number of carbonyl (C=O) groups is 2. The van der Waals surface area contributed by atoms with Crippen LogP contribution in [0.15, 0.2) is 103 Å². The first-order valence-corrected chi connectivity index (χ1v) is 13.9. The summed E-state index contributed by atoms with van der Waals surface area (Å²) in [6, 6.07) is 29.3. The van der Waals surface area contributed by atoms with Gasteiger partial charge in [0, 0.05) is 34.0 Å². The lowest BCUT2D eigenvalue weighted by molar-refractivity contribution is -0.117. The molecule has 0 aliphatic carbocycles. The minimum Gasteiger partial charge on any atom is -0.325 e. The first kappa shape index (κ1) is 28.4. The van der Waals surface area contributed by atoms with Crippen LogP contribution in [0, 0.1) is 6.92 Å². The normalized spacial score (nSPS) is 10.8. The molecule has 1 aromatic heterocycles.